The van der Waals surface area contributed by atoms with Gasteiger partial charge in [-0.25, -0.2) is 4.79 Å². The standard InChI is InChI=1S/C8H12O3/c1-5-3-6(2)11-8(10)7(5)4-9/h4-6,9H,3H2,1-2H3/b7-4+. The molecule has 2 atom stereocenters. The first-order valence-corrected chi connectivity index (χ1v) is 3.70. The molecule has 0 aromatic rings. The van der Waals surface area contributed by atoms with Gasteiger partial charge in [0, 0.05) is 0 Å². The molecule has 3 heteroatoms. The highest BCUT2D eigenvalue weighted by Crippen LogP contribution is 2.24. The Morgan fingerprint density at radius 3 is 2.73 bits per heavy atom. The number of aliphatic hydroxyl groups excluding tert-OH is 1. The number of aliphatic hydroxyl groups is 1. The van der Waals surface area contributed by atoms with Crippen LogP contribution in [0, 0.1) is 5.92 Å². The van der Waals surface area contributed by atoms with E-state index in [0.29, 0.717) is 5.57 Å². The van der Waals surface area contributed by atoms with Gasteiger partial charge in [0.1, 0.15) is 0 Å². The van der Waals surface area contributed by atoms with E-state index in [1.807, 2.05) is 13.8 Å². The van der Waals surface area contributed by atoms with Crippen molar-refractivity contribution in [3.8, 4) is 0 Å². The lowest BCUT2D eigenvalue weighted by Crippen LogP contribution is -2.28. The summed E-state index contributed by atoms with van der Waals surface area (Å²) < 4.78 is 4.89. The van der Waals surface area contributed by atoms with Crippen LogP contribution >= 0.6 is 0 Å². The molecule has 62 valence electrons. The summed E-state index contributed by atoms with van der Waals surface area (Å²) in [5, 5.41) is 8.66. The van der Waals surface area contributed by atoms with Gasteiger partial charge in [0.2, 0.25) is 0 Å². The van der Waals surface area contributed by atoms with Crippen molar-refractivity contribution in [2.45, 2.75) is 26.4 Å². The van der Waals surface area contributed by atoms with E-state index < -0.39 is 5.97 Å². The molecule has 0 aromatic carbocycles. The Morgan fingerprint density at radius 1 is 1.64 bits per heavy atom. The summed E-state index contributed by atoms with van der Waals surface area (Å²) in [6, 6.07) is 0. The van der Waals surface area contributed by atoms with Crippen LogP contribution in [-0.4, -0.2) is 17.2 Å². The van der Waals surface area contributed by atoms with Gasteiger partial charge in [0.15, 0.2) is 0 Å². The van der Waals surface area contributed by atoms with Crippen molar-refractivity contribution in [2.24, 2.45) is 5.92 Å². The number of ether oxygens (including phenoxy) is 1. The highest BCUT2D eigenvalue weighted by Gasteiger charge is 2.28. The Kier molecular flexibility index (Phi) is 2.17. The van der Waals surface area contributed by atoms with Gasteiger partial charge in [0.05, 0.1) is 17.9 Å². The van der Waals surface area contributed by atoms with Crippen LogP contribution in [0.3, 0.4) is 0 Å². The van der Waals surface area contributed by atoms with E-state index in [9.17, 15) is 4.79 Å². The summed E-state index contributed by atoms with van der Waals surface area (Å²) in [6.45, 7) is 3.75. The molecule has 0 radical (unpaired) electrons. The second-order valence-corrected chi connectivity index (χ2v) is 2.94. The maximum absolute atomic E-state index is 11.0. The summed E-state index contributed by atoms with van der Waals surface area (Å²) in [6.07, 6.45) is 1.61. The average Bonchev–Trinajstić information content (AvgIpc) is 1.85. The predicted octanol–water partition coefficient (Wildman–Crippen LogP) is 1.40. The Bertz CT molecular complexity index is 196. The highest BCUT2D eigenvalue weighted by molar-refractivity contribution is 5.89. The topological polar surface area (TPSA) is 46.5 Å². The molecule has 0 amide bonds. The molecule has 0 saturated carbocycles. The molecule has 1 rings (SSSR count). The SMILES string of the molecule is CC1CC(C)/C(=C\O)C(=O)O1. The highest BCUT2D eigenvalue weighted by atomic mass is 16.5. The number of esters is 1. The zero-order valence-corrected chi connectivity index (χ0v) is 6.70. The van der Waals surface area contributed by atoms with E-state index in [1.54, 1.807) is 0 Å². The molecule has 0 bridgehead atoms. The molecule has 0 spiro atoms. The van der Waals surface area contributed by atoms with Gasteiger partial charge in [-0.1, -0.05) is 6.92 Å². The van der Waals surface area contributed by atoms with Crippen molar-refractivity contribution in [2.75, 3.05) is 0 Å². The van der Waals surface area contributed by atoms with Crippen LogP contribution < -0.4 is 0 Å². The van der Waals surface area contributed by atoms with Crippen LogP contribution in [0.2, 0.25) is 0 Å². The molecule has 3 nitrogen and oxygen atoms in total. The number of hydrogen-bond donors (Lipinski definition) is 1. The van der Waals surface area contributed by atoms with E-state index >= 15 is 0 Å². The summed E-state index contributed by atoms with van der Waals surface area (Å²) in [5.74, 6) is -0.282. The van der Waals surface area contributed by atoms with E-state index in [2.05, 4.69) is 0 Å². The fraction of sp³-hybridized carbons (Fsp3) is 0.625. The number of carbonyl (C=O) groups excluding carboxylic acids is 1. The van der Waals surface area contributed by atoms with E-state index in [1.165, 1.54) is 0 Å². The first-order valence-electron chi connectivity index (χ1n) is 3.70. The van der Waals surface area contributed by atoms with Crippen molar-refractivity contribution in [1.29, 1.82) is 0 Å². The smallest absolute Gasteiger partial charge is 0.337 e. The molecular weight excluding hydrogens is 144 g/mol. The summed E-state index contributed by atoms with van der Waals surface area (Å²) >= 11 is 0. The molecule has 1 N–H and O–H groups in total. The molecule has 1 aliphatic heterocycles. The number of cyclic esters (lactones) is 1. The molecule has 0 aromatic heterocycles. The summed E-state index contributed by atoms with van der Waals surface area (Å²) in [4.78, 5) is 11.0. The van der Waals surface area contributed by atoms with Crippen molar-refractivity contribution in [3.63, 3.8) is 0 Å². The number of rotatable bonds is 0. The fourth-order valence-electron chi connectivity index (χ4n) is 1.30. The molecule has 2 unspecified atom stereocenters. The molecule has 0 aliphatic carbocycles. The number of carbonyl (C=O) groups is 1. The van der Waals surface area contributed by atoms with Crippen LogP contribution in [-0.2, 0) is 9.53 Å². The van der Waals surface area contributed by atoms with Crippen molar-refractivity contribution in [3.05, 3.63) is 11.8 Å². The Labute approximate surface area is 65.7 Å². The monoisotopic (exact) mass is 156 g/mol. The number of hydrogen-bond acceptors (Lipinski definition) is 3. The predicted molar refractivity (Wildman–Crippen MR) is 40.0 cm³/mol. The van der Waals surface area contributed by atoms with Crippen molar-refractivity contribution >= 4 is 5.97 Å². The lowest BCUT2D eigenvalue weighted by molar-refractivity contribution is -0.148. The van der Waals surface area contributed by atoms with Crippen LogP contribution in [0.5, 0.6) is 0 Å². The first kappa shape index (κ1) is 8.11. The van der Waals surface area contributed by atoms with E-state index in [4.69, 9.17) is 9.84 Å². The Morgan fingerprint density at radius 2 is 2.27 bits per heavy atom. The fourth-order valence-corrected chi connectivity index (χ4v) is 1.30. The average molecular weight is 156 g/mol. The molecule has 11 heavy (non-hydrogen) atoms. The molecular formula is C8H12O3. The lowest BCUT2D eigenvalue weighted by Gasteiger charge is -2.25. The third-order valence-corrected chi connectivity index (χ3v) is 1.90. The molecule has 1 aliphatic rings. The Hall–Kier alpha value is -0.990. The van der Waals surface area contributed by atoms with Gasteiger partial charge < -0.3 is 9.84 Å². The zero-order valence-electron chi connectivity index (χ0n) is 6.70. The molecule has 1 fully saturated rings. The van der Waals surface area contributed by atoms with Crippen molar-refractivity contribution in [1.82, 2.24) is 0 Å². The van der Waals surface area contributed by atoms with Gasteiger partial charge in [-0.15, -0.1) is 0 Å². The quantitative estimate of drug-likeness (QED) is 0.327. The van der Waals surface area contributed by atoms with Gasteiger partial charge in [-0.2, -0.15) is 0 Å². The minimum absolute atomic E-state index is 0.0267. The summed E-state index contributed by atoms with van der Waals surface area (Å²) in [5.41, 5.74) is 0.378. The zero-order chi connectivity index (χ0) is 8.43. The van der Waals surface area contributed by atoms with Gasteiger partial charge in [0.25, 0.3) is 0 Å². The molecule has 1 saturated heterocycles. The van der Waals surface area contributed by atoms with Crippen LogP contribution in [0.25, 0.3) is 0 Å². The second-order valence-electron chi connectivity index (χ2n) is 2.94. The van der Waals surface area contributed by atoms with Crippen LogP contribution in [0.4, 0.5) is 0 Å². The lowest BCUT2D eigenvalue weighted by atomic mass is 9.93. The normalized spacial score (nSPS) is 35.5. The summed E-state index contributed by atoms with van der Waals surface area (Å²) in [7, 11) is 0. The van der Waals surface area contributed by atoms with Gasteiger partial charge in [-0.3, -0.25) is 0 Å². The maximum Gasteiger partial charge on any atom is 0.337 e. The van der Waals surface area contributed by atoms with E-state index in [-0.39, 0.29) is 12.0 Å². The van der Waals surface area contributed by atoms with Gasteiger partial charge in [-0.05, 0) is 19.3 Å². The maximum atomic E-state index is 11.0. The van der Waals surface area contributed by atoms with E-state index in [0.717, 1.165) is 12.7 Å². The van der Waals surface area contributed by atoms with Gasteiger partial charge >= 0.3 is 5.97 Å². The van der Waals surface area contributed by atoms with Crippen molar-refractivity contribution < 1.29 is 14.6 Å². The second kappa shape index (κ2) is 2.95. The Balaban J connectivity index is 2.75. The third kappa shape index (κ3) is 1.53. The first-order chi connectivity index (χ1) is 5.15. The largest absolute Gasteiger partial charge is 0.515 e. The third-order valence-electron chi connectivity index (χ3n) is 1.90. The van der Waals surface area contributed by atoms with Crippen LogP contribution in [0.1, 0.15) is 20.3 Å². The minimum atomic E-state index is -0.390. The minimum Gasteiger partial charge on any atom is -0.515 e. The van der Waals surface area contributed by atoms with Crippen LogP contribution in [0.15, 0.2) is 11.8 Å². The molecule has 1 heterocycles.